The Morgan fingerprint density at radius 3 is 2.59 bits per heavy atom. The summed E-state index contributed by atoms with van der Waals surface area (Å²) in [5.74, 6) is 0.987. The molecule has 0 amide bonds. The lowest BCUT2D eigenvalue weighted by Gasteiger charge is -2.48. The molecular weight excluding hydrogens is 462 g/mol. The standard InChI is InChI=1S/C31H35N3O3/c1-2-21-13-14-28-23(17-21)26(19-31(37-28)15-8-16-31)32-20-27(35)25(18-22-9-4-3-5-10-22)34-30-33-24-11-6-7-12-29(24)36-30/h3-7,9-14,17,25-27,32,35H,2,8,15-16,18-20H2,1H3,(H,33,34)/t25-,26-,27+/m0/s1. The smallest absolute Gasteiger partial charge is 0.296 e. The first-order valence-corrected chi connectivity index (χ1v) is 13.5. The van der Waals surface area contributed by atoms with Crippen LogP contribution in [0.3, 0.4) is 0 Å². The van der Waals surface area contributed by atoms with Crippen LogP contribution in [0.5, 0.6) is 5.75 Å². The lowest BCUT2D eigenvalue weighted by molar-refractivity contribution is -0.0380. The number of anilines is 1. The summed E-state index contributed by atoms with van der Waals surface area (Å²) in [7, 11) is 0. The van der Waals surface area contributed by atoms with Crippen molar-refractivity contribution in [2.24, 2.45) is 0 Å². The Morgan fingerprint density at radius 2 is 1.84 bits per heavy atom. The van der Waals surface area contributed by atoms with E-state index >= 15 is 0 Å². The number of ether oxygens (including phenoxy) is 1. The van der Waals surface area contributed by atoms with E-state index in [1.165, 1.54) is 17.5 Å². The van der Waals surface area contributed by atoms with Gasteiger partial charge in [0.15, 0.2) is 5.58 Å². The van der Waals surface area contributed by atoms with Crippen LogP contribution in [0.2, 0.25) is 0 Å². The van der Waals surface area contributed by atoms with Crippen molar-refractivity contribution in [3.05, 3.63) is 89.5 Å². The number of fused-ring (bicyclic) bond motifs is 2. The fraction of sp³-hybridized carbons (Fsp3) is 0.387. The number of nitrogens with one attached hydrogen (secondary N) is 2. The highest BCUT2D eigenvalue weighted by molar-refractivity contribution is 5.74. The van der Waals surface area contributed by atoms with Crippen molar-refractivity contribution in [2.45, 2.75) is 69.2 Å². The van der Waals surface area contributed by atoms with Crippen molar-refractivity contribution in [2.75, 3.05) is 11.9 Å². The van der Waals surface area contributed by atoms with E-state index in [0.29, 0.717) is 19.0 Å². The molecule has 1 aliphatic carbocycles. The number of aliphatic hydroxyl groups excluding tert-OH is 1. The minimum atomic E-state index is -0.659. The Labute approximate surface area is 218 Å². The van der Waals surface area contributed by atoms with Crippen molar-refractivity contribution in [1.82, 2.24) is 10.3 Å². The SMILES string of the molecule is CCc1ccc2c(c1)[C@@H](NC[C@@H](O)[C@H](Cc1ccccc1)Nc1nc3ccccc3o1)CC1(CCC1)O2. The minimum absolute atomic E-state index is 0.0662. The molecule has 4 aromatic rings. The molecule has 2 aliphatic rings. The summed E-state index contributed by atoms with van der Waals surface area (Å²) >= 11 is 0. The molecule has 2 heterocycles. The molecule has 1 fully saturated rings. The van der Waals surface area contributed by atoms with Gasteiger partial charge in [0.1, 0.15) is 16.9 Å². The van der Waals surface area contributed by atoms with E-state index in [0.717, 1.165) is 48.1 Å². The van der Waals surface area contributed by atoms with Crippen LogP contribution in [0.4, 0.5) is 6.01 Å². The van der Waals surface area contributed by atoms with E-state index in [9.17, 15) is 5.11 Å². The first-order chi connectivity index (χ1) is 18.1. The molecule has 1 spiro atoms. The maximum Gasteiger partial charge on any atom is 0.296 e. The highest BCUT2D eigenvalue weighted by atomic mass is 16.5. The molecule has 0 saturated heterocycles. The van der Waals surface area contributed by atoms with Crippen LogP contribution in [-0.4, -0.2) is 34.4 Å². The molecule has 3 aromatic carbocycles. The Hall–Kier alpha value is -3.35. The van der Waals surface area contributed by atoms with Gasteiger partial charge >= 0.3 is 0 Å². The monoisotopic (exact) mass is 497 g/mol. The number of nitrogens with zero attached hydrogens (tertiary/aromatic N) is 1. The zero-order valence-corrected chi connectivity index (χ0v) is 21.3. The number of hydrogen-bond acceptors (Lipinski definition) is 6. The van der Waals surface area contributed by atoms with Crippen LogP contribution in [-0.2, 0) is 12.8 Å². The number of para-hydroxylation sites is 2. The second-order valence-corrected chi connectivity index (χ2v) is 10.5. The normalized spacial score (nSPS) is 19.6. The molecule has 0 bridgehead atoms. The van der Waals surface area contributed by atoms with Gasteiger partial charge in [0.2, 0.25) is 0 Å². The highest BCUT2D eigenvalue weighted by Gasteiger charge is 2.45. The maximum atomic E-state index is 11.5. The van der Waals surface area contributed by atoms with Gasteiger partial charge in [-0.1, -0.05) is 61.5 Å². The van der Waals surface area contributed by atoms with E-state index < -0.39 is 6.10 Å². The molecule has 37 heavy (non-hydrogen) atoms. The van der Waals surface area contributed by atoms with Crippen LogP contribution in [0.25, 0.3) is 11.1 Å². The molecule has 0 radical (unpaired) electrons. The first kappa shape index (κ1) is 24.0. The molecule has 1 aliphatic heterocycles. The summed E-state index contributed by atoms with van der Waals surface area (Å²) < 4.78 is 12.4. The summed E-state index contributed by atoms with van der Waals surface area (Å²) in [5, 5.41) is 18.6. The van der Waals surface area contributed by atoms with Crippen LogP contribution in [0, 0.1) is 0 Å². The van der Waals surface area contributed by atoms with Gasteiger partial charge < -0.3 is 24.9 Å². The fourth-order valence-electron chi connectivity index (χ4n) is 5.65. The third-order valence-corrected chi connectivity index (χ3v) is 7.96. The molecule has 6 heteroatoms. The predicted molar refractivity (Wildman–Crippen MR) is 146 cm³/mol. The maximum absolute atomic E-state index is 11.5. The van der Waals surface area contributed by atoms with E-state index in [4.69, 9.17) is 9.15 Å². The fourth-order valence-corrected chi connectivity index (χ4v) is 5.65. The quantitative estimate of drug-likeness (QED) is 0.271. The number of aryl methyl sites for hydroxylation is 1. The summed E-state index contributed by atoms with van der Waals surface area (Å²) in [6.45, 7) is 2.62. The van der Waals surface area contributed by atoms with E-state index in [-0.39, 0.29) is 17.7 Å². The Kier molecular flexibility index (Phi) is 6.61. The van der Waals surface area contributed by atoms with E-state index in [1.54, 1.807) is 0 Å². The van der Waals surface area contributed by atoms with Gasteiger partial charge in [-0.15, -0.1) is 0 Å². The van der Waals surface area contributed by atoms with Gasteiger partial charge in [-0.05, 0) is 61.4 Å². The second-order valence-electron chi connectivity index (χ2n) is 10.5. The molecule has 6 rings (SSSR count). The lowest BCUT2D eigenvalue weighted by atomic mass is 9.72. The largest absolute Gasteiger partial charge is 0.487 e. The van der Waals surface area contributed by atoms with Crippen LogP contribution in [0.1, 0.15) is 55.3 Å². The number of benzene rings is 3. The van der Waals surface area contributed by atoms with Crippen LogP contribution < -0.4 is 15.4 Å². The van der Waals surface area contributed by atoms with Gasteiger partial charge in [0.05, 0.1) is 12.1 Å². The number of hydrogen-bond donors (Lipinski definition) is 3. The van der Waals surface area contributed by atoms with Gasteiger partial charge in [-0.2, -0.15) is 4.98 Å². The summed E-state index contributed by atoms with van der Waals surface area (Å²) in [4.78, 5) is 4.59. The van der Waals surface area contributed by atoms with E-state index in [2.05, 4.69) is 52.9 Å². The van der Waals surface area contributed by atoms with Crippen LogP contribution >= 0.6 is 0 Å². The van der Waals surface area contributed by atoms with Crippen molar-refractivity contribution in [3.8, 4) is 5.75 Å². The highest BCUT2D eigenvalue weighted by Crippen LogP contribution is 2.49. The Morgan fingerprint density at radius 1 is 1.03 bits per heavy atom. The molecule has 192 valence electrons. The first-order valence-electron chi connectivity index (χ1n) is 13.5. The number of aliphatic hydroxyl groups is 1. The third-order valence-electron chi connectivity index (χ3n) is 7.96. The van der Waals surface area contributed by atoms with Crippen molar-refractivity contribution in [3.63, 3.8) is 0 Å². The Balaban J connectivity index is 1.21. The van der Waals surface area contributed by atoms with Crippen molar-refractivity contribution >= 4 is 17.1 Å². The predicted octanol–water partition coefficient (Wildman–Crippen LogP) is 5.81. The lowest BCUT2D eigenvalue weighted by Crippen LogP contribution is -2.50. The molecular formula is C31H35N3O3. The molecule has 1 saturated carbocycles. The minimum Gasteiger partial charge on any atom is -0.487 e. The van der Waals surface area contributed by atoms with Crippen molar-refractivity contribution < 1.29 is 14.3 Å². The van der Waals surface area contributed by atoms with Gasteiger partial charge in [0.25, 0.3) is 6.01 Å². The zero-order valence-electron chi connectivity index (χ0n) is 21.3. The topological polar surface area (TPSA) is 79.5 Å². The summed E-state index contributed by atoms with van der Waals surface area (Å²) in [5.41, 5.74) is 5.12. The van der Waals surface area contributed by atoms with E-state index in [1.807, 2.05) is 42.5 Å². The number of rotatable bonds is 9. The summed E-state index contributed by atoms with van der Waals surface area (Å²) in [6.07, 6.45) is 5.32. The Bertz CT molecular complexity index is 1320. The molecule has 0 unspecified atom stereocenters. The van der Waals surface area contributed by atoms with Gasteiger partial charge in [-0.3, -0.25) is 0 Å². The average Bonchev–Trinajstić information content (AvgIpc) is 3.33. The molecule has 1 aromatic heterocycles. The second kappa shape index (κ2) is 10.2. The van der Waals surface area contributed by atoms with Gasteiger partial charge in [0, 0.05) is 24.6 Å². The van der Waals surface area contributed by atoms with Gasteiger partial charge in [-0.25, -0.2) is 0 Å². The average molecular weight is 498 g/mol. The van der Waals surface area contributed by atoms with Crippen molar-refractivity contribution in [1.29, 1.82) is 0 Å². The molecule has 3 atom stereocenters. The number of aromatic nitrogens is 1. The zero-order chi connectivity index (χ0) is 25.2. The number of oxazole rings is 1. The summed E-state index contributed by atoms with van der Waals surface area (Å²) in [6, 6.07) is 24.8. The third kappa shape index (κ3) is 5.09. The van der Waals surface area contributed by atoms with Crippen LogP contribution in [0.15, 0.2) is 77.2 Å². The molecule has 6 nitrogen and oxygen atoms in total. The molecule has 3 N–H and O–H groups in total.